The average molecular weight is 410 g/mol. The molecule has 1 aromatic carbocycles. The van der Waals surface area contributed by atoms with Crippen molar-refractivity contribution in [3.63, 3.8) is 0 Å². The van der Waals surface area contributed by atoms with Crippen LogP contribution in [-0.2, 0) is 13.1 Å². The fourth-order valence-electron chi connectivity index (χ4n) is 3.78. The van der Waals surface area contributed by atoms with Crippen molar-refractivity contribution < 1.29 is 5.11 Å². The number of nitrogens with zero attached hydrogens (tertiary/aromatic N) is 6. The van der Waals surface area contributed by atoms with Gasteiger partial charge in [0.15, 0.2) is 17.0 Å². The number of hydrogen-bond acceptors (Lipinski definition) is 7. The molecule has 1 fully saturated rings. The first-order valence-electron chi connectivity index (χ1n) is 10.9. The summed E-state index contributed by atoms with van der Waals surface area (Å²) in [5.41, 5.74) is 2.92. The first-order chi connectivity index (χ1) is 14.8. The van der Waals surface area contributed by atoms with Gasteiger partial charge in [0.1, 0.15) is 0 Å². The Bertz CT molecular complexity index is 935. The van der Waals surface area contributed by atoms with Gasteiger partial charge in [-0.05, 0) is 12.0 Å². The molecule has 1 aliphatic heterocycles. The number of benzene rings is 1. The number of hydrogen-bond donors (Lipinski definition) is 2. The van der Waals surface area contributed by atoms with E-state index in [1.54, 1.807) is 0 Å². The van der Waals surface area contributed by atoms with E-state index in [-0.39, 0.29) is 6.61 Å². The minimum absolute atomic E-state index is 0.201. The van der Waals surface area contributed by atoms with Crippen LogP contribution in [0.1, 0.15) is 25.3 Å². The summed E-state index contributed by atoms with van der Waals surface area (Å²) in [7, 11) is 0. The molecule has 1 saturated heterocycles. The van der Waals surface area contributed by atoms with Crippen molar-refractivity contribution in [1.29, 1.82) is 0 Å². The minimum atomic E-state index is 0.201. The quantitative estimate of drug-likeness (QED) is 0.561. The van der Waals surface area contributed by atoms with Crippen molar-refractivity contribution in [3.05, 3.63) is 42.2 Å². The number of aliphatic hydroxyl groups is 1. The van der Waals surface area contributed by atoms with Crippen LogP contribution in [0.5, 0.6) is 0 Å². The number of aromatic nitrogens is 4. The molecule has 1 aliphatic rings. The van der Waals surface area contributed by atoms with Crippen LogP contribution >= 0.6 is 0 Å². The molecule has 30 heavy (non-hydrogen) atoms. The lowest BCUT2D eigenvalue weighted by Crippen LogP contribution is -2.47. The first-order valence-corrected chi connectivity index (χ1v) is 10.9. The number of fused-ring (bicyclic) bond motifs is 1. The van der Waals surface area contributed by atoms with Crippen LogP contribution in [0.15, 0.2) is 36.7 Å². The maximum absolute atomic E-state index is 9.19. The predicted molar refractivity (Wildman–Crippen MR) is 120 cm³/mol. The topological polar surface area (TPSA) is 82.3 Å². The highest BCUT2D eigenvalue weighted by atomic mass is 16.3. The van der Waals surface area contributed by atoms with E-state index in [1.807, 2.05) is 24.5 Å². The third-order valence-corrected chi connectivity index (χ3v) is 5.58. The normalized spacial score (nSPS) is 15.1. The Labute approximate surface area is 177 Å². The first kappa shape index (κ1) is 20.6. The second kappa shape index (κ2) is 9.86. The van der Waals surface area contributed by atoms with E-state index in [0.717, 1.165) is 75.0 Å². The van der Waals surface area contributed by atoms with E-state index in [2.05, 4.69) is 43.7 Å². The lowest BCUT2D eigenvalue weighted by atomic mass is 10.2. The molecule has 8 heteroatoms. The Hall–Kier alpha value is -2.71. The number of imidazole rings is 1. The summed E-state index contributed by atoms with van der Waals surface area (Å²) in [6, 6.07) is 10.3. The SMILES string of the molecule is CCCCn1cnc2c(NCc3ccccc3)nc(N3CCN(CCO)CC3)nc21. The number of aryl methyl sites for hydroxylation is 1. The second-order valence-electron chi connectivity index (χ2n) is 7.73. The highest BCUT2D eigenvalue weighted by Gasteiger charge is 2.21. The fourth-order valence-corrected chi connectivity index (χ4v) is 3.78. The molecule has 0 spiro atoms. The fraction of sp³-hybridized carbons (Fsp3) is 0.500. The summed E-state index contributed by atoms with van der Waals surface area (Å²) < 4.78 is 2.14. The zero-order valence-electron chi connectivity index (χ0n) is 17.7. The molecule has 3 heterocycles. The van der Waals surface area contributed by atoms with Crippen LogP contribution in [0.3, 0.4) is 0 Å². The molecule has 160 valence electrons. The van der Waals surface area contributed by atoms with Crippen LogP contribution in [0.25, 0.3) is 11.2 Å². The molecule has 4 rings (SSSR count). The van der Waals surface area contributed by atoms with E-state index < -0.39 is 0 Å². The van der Waals surface area contributed by atoms with E-state index >= 15 is 0 Å². The molecule has 0 aliphatic carbocycles. The van der Waals surface area contributed by atoms with Gasteiger partial charge in [0.2, 0.25) is 5.95 Å². The Morgan fingerprint density at radius 1 is 1.03 bits per heavy atom. The maximum Gasteiger partial charge on any atom is 0.229 e. The lowest BCUT2D eigenvalue weighted by Gasteiger charge is -2.34. The summed E-state index contributed by atoms with van der Waals surface area (Å²) >= 11 is 0. The van der Waals surface area contributed by atoms with Gasteiger partial charge >= 0.3 is 0 Å². The standard InChI is InChI=1S/C22H31N7O/c1-2-3-9-29-17-24-19-20(23-16-18-7-5-4-6-8-18)25-22(26-21(19)29)28-12-10-27(11-13-28)14-15-30/h4-8,17,30H,2-3,9-16H2,1H3,(H,23,25,26). The zero-order valence-corrected chi connectivity index (χ0v) is 17.7. The Morgan fingerprint density at radius 3 is 2.57 bits per heavy atom. The van der Waals surface area contributed by atoms with Crippen molar-refractivity contribution in [2.24, 2.45) is 0 Å². The number of aliphatic hydroxyl groups excluding tert-OH is 1. The van der Waals surface area contributed by atoms with E-state index in [1.165, 1.54) is 5.56 Å². The summed E-state index contributed by atoms with van der Waals surface area (Å²) in [5, 5.41) is 12.7. The van der Waals surface area contributed by atoms with Crippen molar-refractivity contribution in [3.8, 4) is 0 Å². The number of β-amino-alcohol motifs (C(OH)–C–C–N with tert-alkyl or cyclic N) is 1. The van der Waals surface area contributed by atoms with Gasteiger partial charge in [0.05, 0.1) is 12.9 Å². The predicted octanol–water partition coefficient (Wildman–Crippen LogP) is 2.35. The smallest absolute Gasteiger partial charge is 0.229 e. The van der Waals surface area contributed by atoms with Gasteiger partial charge < -0.3 is 19.9 Å². The maximum atomic E-state index is 9.19. The number of rotatable bonds is 9. The Morgan fingerprint density at radius 2 is 1.83 bits per heavy atom. The molecule has 0 atom stereocenters. The third kappa shape index (κ3) is 4.71. The van der Waals surface area contributed by atoms with Crippen LogP contribution in [0.2, 0.25) is 0 Å². The molecule has 0 radical (unpaired) electrons. The molecule has 0 unspecified atom stereocenters. The molecule has 0 bridgehead atoms. The van der Waals surface area contributed by atoms with Gasteiger partial charge in [0.25, 0.3) is 0 Å². The summed E-state index contributed by atoms with van der Waals surface area (Å²) in [6.45, 7) is 8.24. The Balaban J connectivity index is 1.60. The number of nitrogens with one attached hydrogen (secondary N) is 1. The molecule has 8 nitrogen and oxygen atoms in total. The van der Waals surface area contributed by atoms with Gasteiger partial charge in [-0.2, -0.15) is 9.97 Å². The molecular weight excluding hydrogens is 378 g/mol. The van der Waals surface area contributed by atoms with Crippen molar-refractivity contribution >= 4 is 22.9 Å². The summed E-state index contributed by atoms with van der Waals surface area (Å²) in [5.74, 6) is 1.53. The molecular formula is C22H31N7O. The molecule has 2 N–H and O–H groups in total. The van der Waals surface area contributed by atoms with Crippen molar-refractivity contribution in [1.82, 2.24) is 24.4 Å². The number of anilines is 2. The van der Waals surface area contributed by atoms with Crippen LogP contribution in [0, 0.1) is 0 Å². The molecule has 2 aromatic heterocycles. The van der Waals surface area contributed by atoms with E-state index in [9.17, 15) is 5.11 Å². The number of piperazine rings is 1. The van der Waals surface area contributed by atoms with Gasteiger partial charge in [0, 0.05) is 45.8 Å². The third-order valence-electron chi connectivity index (χ3n) is 5.58. The minimum Gasteiger partial charge on any atom is -0.395 e. The van der Waals surface area contributed by atoms with Crippen LogP contribution in [-0.4, -0.2) is 68.9 Å². The zero-order chi connectivity index (χ0) is 20.8. The highest BCUT2D eigenvalue weighted by molar-refractivity contribution is 5.84. The molecule has 3 aromatic rings. The molecule has 0 saturated carbocycles. The van der Waals surface area contributed by atoms with Crippen LogP contribution in [0.4, 0.5) is 11.8 Å². The average Bonchev–Trinajstić information content (AvgIpc) is 3.20. The highest BCUT2D eigenvalue weighted by Crippen LogP contribution is 2.24. The van der Waals surface area contributed by atoms with Gasteiger partial charge in [-0.1, -0.05) is 43.7 Å². The van der Waals surface area contributed by atoms with Crippen LogP contribution < -0.4 is 10.2 Å². The van der Waals surface area contributed by atoms with E-state index in [4.69, 9.17) is 9.97 Å². The molecule has 0 amide bonds. The summed E-state index contributed by atoms with van der Waals surface area (Å²) in [4.78, 5) is 18.9. The monoisotopic (exact) mass is 409 g/mol. The van der Waals surface area contributed by atoms with Crippen molar-refractivity contribution in [2.75, 3.05) is 49.5 Å². The second-order valence-corrected chi connectivity index (χ2v) is 7.73. The van der Waals surface area contributed by atoms with E-state index in [0.29, 0.717) is 6.54 Å². The van der Waals surface area contributed by atoms with Gasteiger partial charge in [-0.3, -0.25) is 4.90 Å². The largest absolute Gasteiger partial charge is 0.395 e. The van der Waals surface area contributed by atoms with Crippen molar-refractivity contribution in [2.45, 2.75) is 32.9 Å². The Kier molecular flexibility index (Phi) is 6.76. The summed E-state index contributed by atoms with van der Waals surface area (Å²) in [6.07, 6.45) is 4.10. The lowest BCUT2D eigenvalue weighted by molar-refractivity contribution is 0.188. The number of unbranched alkanes of at least 4 members (excludes halogenated alkanes) is 1. The van der Waals surface area contributed by atoms with Gasteiger partial charge in [-0.15, -0.1) is 0 Å². The van der Waals surface area contributed by atoms with Gasteiger partial charge in [-0.25, -0.2) is 4.98 Å².